The first kappa shape index (κ1) is 29.3. The molecule has 1 N–H and O–H groups in total. The first-order valence-corrected chi connectivity index (χ1v) is 13.5. The first-order chi connectivity index (χ1) is 17.8. The van der Waals surface area contributed by atoms with Gasteiger partial charge >= 0.3 is 18.2 Å². The molecule has 0 bridgehead atoms. The van der Waals surface area contributed by atoms with Gasteiger partial charge in [-0.05, 0) is 82.4 Å². The van der Waals surface area contributed by atoms with Gasteiger partial charge in [-0.25, -0.2) is 14.4 Å². The number of benzene rings is 1. The van der Waals surface area contributed by atoms with E-state index in [9.17, 15) is 14.4 Å². The lowest BCUT2D eigenvalue weighted by Crippen LogP contribution is -2.49. The van der Waals surface area contributed by atoms with Gasteiger partial charge < -0.3 is 19.5 Å². The number of fused-ring (bicyclic) bond motifs is 2. The summed E-state index contributed by atoms with van der Waals surface area (Å²) in [6, 6.07) is 5.19. The zero-order valence-electron chi connectivity index (χ0n) is 23.7. The Balaban J connectivity index is 0.000000483. The Hall–Kier alpha value is -3.21. The van der Waals surface area contributed by atoms with Crippen molar-refractivity contribution in [3.05, 3.63) is 23.8 Å². The molecule has 0 radical (unpaired) electrons. The molecular weight excluding hydrogens is 484 g/mol. The normalized spacial score (nSPS) is 23.7. The number of ether oxygens (including phenoxy) is 3. The van der Waals surface area contributed by atoms with Crippen LogP contribution in [0, 0.1) is 31.1 Å². The molecule has 4 aliphatic rings. The van der Waals surface area contributed by atoms with Crippen molar-refractivity contribution >= 4 is 18.2 Å². The van der Waals surface area contributed by atoms with Gasteiger partial charge in [0.1, 0.15) is 17.7 Å². The largest absolute Gasteiger partial charge is 0.460 e. The highest BCUT2D eigenvalue weighted by Crippen LogP contribution is 2.41. The molecule has 1 saturated carbocycles. The number of nitrogens with zero attached hydrogens (tertiary/aromatic N) is 1. The predicted octanol–water partition coefficient (Wildman–Crippen LogP) is 5.46. The second-order valence-corrected chi connectivity index (χ2v) is 11.8. The molecule has 2 amide bonds. The molecule has 1 saturated heterocycles. The maximum atomic E-state index is 13.0. The van der Waals surface area contributed by atoms with Gasteiger partial charge in [-0.2, -0.15) is 0 Å². The molecule has 4 rings (SSSR count). The molecule has 38 heavy (non-hydrogen) atoms. The van der Waals surface area contributed by atoms with E-state index in [1.807, 2.05) is 13.8 Å². The number of carbonyl (C=O) groups is 3. The van der Waals surface area contributed by atoms with Crippen molar-refractivity contribution in [2.75, 3.05) is 7.11 Å². The van der Waals surface area contributed by atoms with Crippen molar-refractivity contribution in [3.8, 4) is 23.5 Å². The van der Waals surface area contributed by atoms with E-state index >= 15 is 0 Å². The third-order valence-electron chi connectivity index (χ3n) is 7.21. The van der Waals surface area contributed by atoms with Crippen molar-refractivity contribution in [2.45, 2.75) is 103 Å². The van der Waals surface area contributed by atoms with Crippen LogP contribution in [-0.4, -0.2) is 60.0 Å². The minimum absolute atomic E-state index is 0.0564. The molecule has 0 aromatic rings. The molecule has 1 aliphatic heterocycles. The van der Waals surface area contributed by atoms with Gasteiger partial charge in [0.15, 0.2) is 0 Å². The fourth-order valence-corrected chi connectivity index (χ4v) is 5.47. The Morgan fingerprint density at radius 1 is 1.21 bits per heavy atom. The number of nitrogens with one attached hydrogen (secondary N) is 1. The average Bonchev–Trinajstić information content (AvgIpc) is 3.20. The summed E-state index contributed by atoms with van der Waals surface area (Å²) >= 11 is 0. The average molecular weight is 527 g/mol. The van der Waals surface area contributed by atoms with Crippen molar-refractivity contribution in [2.24, 2.45) is 11.8 Å². The van der Waals surface area contributed by atoms with Crippen LogP contribution in [0.2, 0.25) is 0 Å². The summed E-state index contributed by atoms with van der Waals surface area (Å²) in [7, 11) is 1.34. The van der Waals surface area contributed by atoms with Crippen LogP contribution in [0.5, 0.6) is 0 Å². The Kier molecular flexibility index (Phi) is 9.35. The fraction of sp³-hybridized carbons (Fsp3) is 0.633. The maximum absolute atomic E-state index is 13.0. The van der Waals surface area contributed by atoms with Gasteiger partial charge in [0.2, 0.25) is 0 Å². The lowest BCUT2D eigenvalue weighted by Gasteiger charge is -2.36. The molecule has 1 heterocycles. The number of esters is 1. The number of hydrogen-bond acceptors (Lipinski definition) is 6. The SMILES string of the molecule is C#CC1C[C@H]2[C@@H](OC(=O)C(CC(C)C)NC(=O)OC(C)(C)C)CCC[C@H]2N1C(=O)OC.Cc1cc2ccc1-2. The zero-order chi connectivity index (χ0) is 28.2. The lowest BCUT2D eigenvalue weighted by atomic mass is 9.82. The number of aryl methyl sites for hydroxylation is 1. The molecular formula is C30H42N2O6. The number of rotatable bonds is 5. The number of alkyl carbamates (subject to hydrolysis) is 1. The highest BCUT2D eigenvalue weighted by atomic mass is 16.6. The Morgan fingerprint density at radius 2 is 1.92 bits per heavy atom. The van der Waals surface area contributed by atoms with Crippen molar-refractivity contribution in [1.29, 1.82) is 0 Å². The van der Waals surface area contributed by atoms with E-state index in [-0.39, 0.29) is 30.0 Å². The molecule has 5 atom stereocenters. The summed E-state index contributed by atoms with van der Waals surface area (Å²) in [6.45, 7) is 11.4. The Bertz CT molecular complexity index is 1070. The van der Waals surface area contributed by atoms with Crippen LogP contribution in [0.15, 0.2) is 18.2 Å². The number of methoxy groups -OCH3 is 1. The molecule has 3 aliphatic carbocycles. The van der Waals surface area contributed by atoms with Gasteiger partial charge in [-0.1, -0.05) is 38.0 Å². The van der Waals surface area contributed by atoms with E-state index in [1.165, 1.54) is 23.8 Å². The van der Waals surface area contributed by atoms with E-state index in [1.54, 1.807) is 25.7 Å². The van der Waals surface area contributed by atoms with Crippen LogP contribution < -0.4 is 5.32 Å². The van der Waals surface area contributed by atoms with Crippen molar-refractivity contribution in [3.63, 3.8) is 0 Å². The standard InChI is InChI=1S/C23H36N2O6.C7H6/c1-8-15-13-16-18(25(15)22(28)29-7)10-9-11-19(16)30-20(26)17(12-14(2)3)24-21(27)31-23(4,5)6;1-5-4-6-2-3-7(5)6/h1,14-19H,9-13H2,2-7H3,(H,24,27);2-4H,1H3/t15?,16-,17?,18-,19+;/m1./s1. The number of carbonyl (C=O) groups excluding carboxylic acids is 3. The second kappa shape index (κ2) is 12.1. The fourth-order valence-electron chi connectivity index (χ4n) is 5.47. The molecule has 208 valence electrons. The van der Waals surface area contributed by atoms with E-state index in [2.05, 4.69) is 36.4 Å². The molecule has 0 aromatic carbocycles. The monoisotopic (exact) mass is 526 g/mol. The number of hydrogen-bond donors (Lipinski definition) is 1. The van der Waals surface area contributed by atoms with Crippen LogP contribution in [0.4, 0.5) is 9.59 Å². The van der Waals surface area contributed by atoms with Crippen LogP contribution >= 0.6 is 0 Å². The number of amides is 2. The minimum atomic E-state index is -0.809. The number of likely N-dealkylation sites (tertiary alicyclic amines) is 1. The molecule has 8 nitrogen and oxygen atoms in total. The quantitative estimate of drug-likeness (QED) is 0.316. The third-order valence-corrected chi connectivity index (χ3v) is 7.21. The second-order valence-electron chi connectivity index (χ2n) is 11.8. The number of terminal acetylenes is 1. The van der Waals surface area contributed by atoms with Gasteiger partial charge in [0, 0.05) is 12.0 Å². The first-order valence-electron chi connectivity index (χ1n) is 13.5. The summed E-state index contributed by atoms with van der Waals surface area (Å²) in [4.78, 5) is 39.1. The van der Waals surface area contributed by atoms with Crippen LogP contribution in [-0.2, 0) is 19.0 Å². The van der Waals surface area contributed by atoms with Gasteiger partial charge in [0.05, 0.1) is 13.2 Å². The van der Waals surface area contributed by atoms with E-state index in [0.29, 0.717) is 19.3 Å². The van der Waals surface area contributed by atoms with Crippen molar-refractivity contribution in [1.82, 2.24) is 10.2 Å². The summed E-state index contributed by atoms with van der Waals surface area (Å²) in [5.41, 5.74) is 3.69. The molecule has 2 unspecified atom stereocenters. The van der Waals surface area contributed by atoms with Gasteiger partial charge in [0.25, 0.3) is 0 Å². The highest BCUT2D eigenvalue weighted by Gasteiger charge is 2.50. The Labute approximate surface area is 226 Å². The summed E-state index contributed by atoms with van der Waals surface area (Å²) in [5.74, 6) is 2.29. The van der Waals surface area contributed by atoms with Crippen LogP contribution in [0.3, 0.4) is 0 Å². The van der Waals surface area contributed by atoms with E-state index < -0.39 is 29.8 Å². The Morgan fingerprint density at radius 3 is 2.37 bits per heavy atom. The topological polar surface area (TPSA) is 94.2 Å². The van der Waals surface area contributed by atoms with Crippen molar-refractivity contribution < 1.29 is 28.6 Å². The highest BCUT2D eigenvalue weighted by molar-refractivity contribution is 5.82. The summed E-state index contributed by atoms with van der Waals surface area (Å²) in [5, 5.41) is 2.66. The lowest BCUT2D eigenvalue weighted by molar-refractivity contribution is -0.157. The zero-order valence-corrected chi connectivity index (χ0v) is 23.7. The van der Waals surface area contributed by atoms with E-state index in [4.69, 9.17) is 20.6 Å². The molecule has 8 heteroatoms. The predicted molar refractivity (Wildman–Crippen MR) is 145 cm³/mol. The maximum Gasteiger partial charge on any atom is 0.410 e. The molecule has 2 fully saturated rings. The summed E-state index contributed by atoms with van der Waals surface area (Å²) in [6.07, 6.45) is 7.46. The summed E-state index contributed by atoms with van der Waals surface area (Å²) < 4.78 is 16.1. The van der Waals surface area contributed by atoms with Gasteiger partial charge in [-0.15, -0.1) is 6.42 Å². The van der Waals surface area contributed by atoms with Crippen LogP contribution in [0.25, 0.3) is 11.1 Å². The molecule has 0 spiro atoms. The third kappa shape index (κ3) is 7.00. The van der Waals surface area contributed by atoms with Gasteiger partial charge in [-0.3, -0.25) is 4.90 Å². The minimum Gasteiger partial charge on any atom is -0.460 e. The van der Waals surface area contributed by atoms with E-state index in [0.717, 1.165) is 12.8 Å². The molecule has 0 aromatic heterocycles. The van der Waals surface area contributed by atoms with Crippen LogP contribution in [0.1, 0.15) is 72.3 Å². The smallest absolute Gasteiger partial charge is 0.410 e.